The lowest BCUT2D eigenvalue weighted by Gasteiger charge is -2.35. The van der Waals surface area contributed by atoms with Gasteiger partial charge in [0.2, 0.25) is 6.29 Å². The molecule has 4 aromatic rings. The molecule has 1 unspecified atom stereocenters. The van der Waals surface area contributed by atoms with E-state index in [-0.39, 0.29) is 6.29 Å². The Morgan fingerprint density at radius 3 is 2.00 bits per heavy atom. The first-order valence-electron chi connectivity index (χ1n) is 14.6. The summed E-state index contributed by atoms with van der Waals surface area (Å²) in [7, 11) is 0. The van der Waals surface area contributed by atoms with E-state index in [1.807, 2.05) is 0 Å². The van der Waals surface area contributed by atoms with Gasteiger partial charge in [0.15, 0.2) is 0 Å². The summed E-state index contributed by atoms with van der Waals surface area (Å²) in [6, 6.07) is 24.2. The van der Waals surface area contributed by atoms with E-state index in [0.717, 1.165) is 23.3 Å². The molecule has 190 valence electrons. The molecule has 0 radical (unpaired) electrons. The molecule has 1 heterocycles. The third-order valence-corrected chi connectivity index (χ3v) is 9.43. The highest BCUT2D eigenvalue weighted by molar-refractivity contribution is 6.10. The van der Waals surface area contributed by atoms with E-state index in [2.05, 4.69) is 73.7 Å². The monoisotopic (exact) mass is 490 g/mol. The molecule has 4 aromatic carbocycles. The summed E-state index contributed by atoms with van der Waals surface area (Å²) in [4.78, 5) is 0. The molecule has 2 fully saturated rings. The summed E-state index contributed by atoms with van der Waals surface area (Å²) in [6.45, 7) is 2.17. The van der Waals surface area contributed by atoms with Gasteiger partial charge in [0, 0.05) is 17.0 Å². The number of hydrogen-bond acceptors (Lipinski definition) is 2. The lowest BCUT2D eigenvalue weighted by atomic mass is 9.75. The van der Waals surface area contributed by atoms with Crippen LogP contribution in [0.5, 0.6) is 11.5 Å². The highest BCUT2D eigenvalue weighted by atomic mass is 16.7. The minimum Gasteiger partial charge on any atom is -0.454 e. The van der Waals surface area contributed by atoms with Crippen molar-refractivity contribution < 1.29 is 9.47 Å². The van der Waals surface area contributed by atoms with Gasteiger partial charge in [-0.1, -0.05) is 92.3 Å². The maximum Gasteiger partial charge on any atom is 0.243 e. The summed E-state index contributed by atoms with van der Waals surface area (Å²) in [5, 5.41) is 4.96. The molecule has 2 aliphatic carbocycles. The number of hydrogen-bond donors (Lipinski definition) is 0. The smallest absolute Gasteiger partial charge is 0.243 e. The van der Waals surface area contributed by atoms with Crippen LogP contribution in [-0.2, 0) is 0 Å². The number of rotatable bonds is 3. The van der Waals surface area contributed by atoms with Crippen molar-refractivity contribution in [3.05, 3.63) is 72.3 Å². The van der Waals surface area contributed by atoms with E-state index in [1.165, 1.54) is 102 Å². The fraction of sp³-hybridized carbons (Fsp3) is 0.429. The molecule has 2 saturated carbocycles. The molecular weight excluding hydrogens is 452 g/mol. The summed E-state index contributed by atoms with van der Waals surface area (Å²) >= 11 is 0. The lowest BCUT2D eigenvalue weighted by Crippen LogP contribution is -2.35. The number of aryl methyl sites for hydroxylation is 1. The van der Waals surface area contributed by atoms with Crippen molar-refractivity contribution in [3.8, 4) is 22.6 Å². The second-order valence-corrected chi connectivity index (χ2v) is 11.9. The number of benzene rings is 4. The van der Waals surface area contributed by atoms with Gasteiger partial charge in [-0.3, -0.25) is 0 Å². The number of fused-ring (bicyclic) bond motifs is 7. The highest BCUT2D eigenvalue weighted by Gasteiger charge is 2.35. The summed E-state index contributed by atoms with van der Waals surface area (Å²) in [5.74, 6) is 4.22. The molecule has 37 heavy (non-hydrogen) atoms. The van der Waals surface area contributed by atoms with Gasteiger partial charge < -0.3 is 9.47 Å². The second kappa shape index (κ2) is 9.71. The highest BCUT2D eigenvalue weighted by Crippen LogP contribution is 2.49. The molecule has 1 aliphatic heterocycles. The fourth-order valence-corrected chi connectivity index (χ4v) is 7.43. The topological polar surface area (TPSA) is 18.5 Å². The predicted molar refractivity (Wildman–Crippen MR) is 153 cm³/mol. The molecule has 3 aliphatic rings. The predicted octanol–water partition coefficient (Wildman–Crippen LogP) is 9.84. The van der Waals surface area contributed by atoms with E-state index in [1.54, 1.807) is 0 Å². The van der Waals surface area contributed by atoms with Gasteiger partial charge in [0.25, 0.3) is 0 Å². The standard InChI is InChI=1S/C35H38O2/c1-23-11-14-27-18-20-32-34(30(27)21-23)33-29-10-6-5-9-26(29)17-19-31(33)36-35(37-32)28-15-12-25(13-16-28)22-24-7-3-2-4-8-24/h5-6,9-11,14,17-21,24-25,28,35H,2-4,7-8,12-13,15-16,22H2,1H3. The molecule has 0 spiro atoms. The summed E-state index contributed by atoms with van der Waals surface area (Å²) < 4.78 is 13.7. The average Bonchev–Trinajstić information content (AvgIpc) is 3.11. The number of ether oxygens (including phenoxy) is 2. The molecular formula is C35H38O2. The maximum atomic E-state index is 6.84. The molecule has 0 bridgehead atoms. The van der Waals surface area contributed by atoms with Crippen molar-refractivity contribution >= 4 is 21.5 Å². The molecule has 0 aromatic heterocycles. The largest absolute Gasteiger partial charge is 0.454 e. The zero-order chi connectivity index (χ0) is 24.8. The van der Waals surface area contributed by atoms with E-state index in [9.17, 15) is 0 Å². The normalized spacial score (nSPS) is 24.1. The van der Waals surface area contributed by atoms with Crippen LogP contribution < -0.4 is 9.47 Å². The zero-order valence-electron chi connectivity index (χ0n) is 22.0. The van der Waals surface area contributed by atoms with Crippen molar-refractivity contribution in [1.29, 1.82) is 0 Å². The Kier molecular flexibility index (Phi) is 6.07. The van der Waals surface area contributed by atoms with Gasteiger partial charge in [-0.05, 0) is 84.5 Å². The minimum absolute atomic E-state index is 0.237. The Bertz CT molecular complexity index is 1420. The summed E-state index contributed by atoms with van der Waals surface area (Å²) in [5.41, 5.74) is 3.62. The molecule has 0 saturated heterocycles. The van der Waals surface area contributed by atoms with Gasteiger partial charge in [-0.2, -0.15) is 0 Å². The quantitative estimate of drug-likeness (QED) is 0.284. The summed E-state index contributed by atoms with van der Waals surface area (Å²) in [6.07, 6.45) is 13.5. The lowest BCUT2D eigenvalue weighted by molar-refractivity contribution is -0.0539. The Hall–Kier alpha value is -3.00. The molecule has 2 nitrogen and oxygen atoms in total. The van der Waals surface area contributed by atoms with E-state index in [4.69, 9.17) is 9.47 Å². The third kappa shape index (κ3) is 4.39. The molecule has 0 N–H and O–H groups in total. The van der Waals surface area contributed by atoms with Crippen molar-refractivity contribution in [3.63, 3.8) is 0 Å². The first-order chi connectivity index (χ1) is 18.2. The van der Waals surface area contributed by atoms with Crippen molar-refractivity contribution in [2.45, 2.75) is 77.4 Å². The van der Waals surface area contributed by atoms with Crippen molar-refractivity contribution in [2.24, 2.45) is 17.8 Å². The first-order valence-corrected chi connectivity index (χ1v) is 14.6. The Balaban J connectivity index is 1.24. The average molecular weight is 491 g/mol. The SMILES string of the molecule is Cc1ccc2ccc3c(c2c1)-c1c(ccc2ccccc12)OC(C1CCC(CC2CCCCC2)CC1)O3. The van der Waals surface area contributed by atoms with Gasteiger partial charge >= 0.3 is 0 Å². The maximum absolute atomic E-state index is 6.84. The van der Waals surface area contributed by atoms with E-state index < -0.39 is 0 Å². The van der Waals surface area contributed by atoms with Crippen LogP contribution in [0.25, 0.3) is 32.7 Å². The third-order valence-electron chi connectivity index (χ3n) is 9.43. The van der Waals surface area contributed by atoms with Crippen LogP contribution in [0, 0.1) is 24.7 Å². The molecule has 0 amide bonds. The van der Waals surface area contributed by atoms with Crippen LogP contribution in [0.15, 0.2) is 66.7 Å². The van der Waals surface area contributed by atoms with Gasteiger partial charge in [-0.25, -0.2) is 0 Å². The zero-order valence-corrected chi connectivity index (χ0v) is 22.0. The van der Waals surface area contributed by atoms with Crippen LogP contribution >= 0.6 is 0 Å². The van der Waals surface area contributed by atoms with E-state index >= 15 is 0 Å². The Morgan fingerprint density at radius 2 is 1.24 bits per heavy atom. The molecule has 1 atom stereocenters. The van der Waals surface area contributed by atoms with Crippen LogP contribution in [0.2, 0.25) is 0 Å². The minimum atomic E-state index is -0.237. The van der Waals surface area contributed by atoms with Crippen LogP contribution in [0.1, 0.15) is 69.8 Å². The van der Waals surface area contributed by atoms with Crippen LogP contribution in [0.4, 0.5) is 0 Å². The first kappa shape index (κ1) is 23.1. The molecule has 2 heteroatoms. The van der Waals surface area contributed by atoms with Crippen LogP contribution in [-0.4, -0.2) is 6.29 Å². The van der Waals surface area contributed by atoms with Gasteiger partial charge in [-0.15, -0.1) is 0 Å². The van der Waals surface area contributed by atoms with E-state index in [0.29, 0.717) is 5.92 Å². The van der Waals surface area contributed by atoms with Crippen LogP contribution in [0.3, 0.4) is 0 Å². The Labute approximate surface area is 221 Å². The van der Waals surface area contributed by atoms with Crippen molar-refractivity contribution in [2.75, 3.05) is 0 Å². The molecule has 7 rings (SSSR count). The second-order valence-electron chi connectivity index (χ2n) is 11.9. The van der Waals surface area contributed by atoms with Gasteiger partial charge in [0.1, 0.15) is 11.5 Å². The van der Waals surface area contributed by atoms with Gasteiger partial charge in [0.05, 0.1) is 0 Å². The Morgan fingerprint density at radius 1 is 0.622 bits per heavy atom. The fourth-order valence-electron chi connectivity index (χ4n) is 7.43. The van der Waals surface area contributed by atoms with Crippen molar-refractivity contribution in [1.82, 2.24) is 0 Å².